The minimum atomic E-state index is -3.16. The lowest BCUT2D eigenvalue weighted by molar-refractivity contribution is 0.000990. The number of benzene rings is 1. The molecule has 22 heavy (non-hydrogen) atoms. The van der Waals surface area contributed by atoms with Gasteiger partial charge < -0.3 is 0 Å². The maximum atomic E-state index is 13.6. The first kappa shape index (κ1) is 17.5. The smallest absolute Gasteiger partial charge is 0.268 e. The number of halogens is 3. The first-order valence-electron chi connectivity index (χ1n) is 6.48. The Bertz CT molecular complexity index is 709. The standard InChI is InChI=1S/C13H15Cl2FN2O3S/c1-17(2)18(8-3-4-22(20,21)7-8)13(19)9-5-12(16)11(15)6-10(9)14/h5-6,8H,3-4,7H2,1-2H3. The molecule has 1 saturated heterocycles. The normalized spacial score (nSPS) is 20.4. The third kappa shape index (κ3) is 3.53. The quantitative estimate of drug-likeness (QED) is 0.606. The molecule has 2 rings (SSSR count). The molecular weight excluding hydrogens is 354 g/mol. The van der Waals surface area contributed by atoms with Gasteiger partial charge in [0.2, 0.25) is 0 Å². The number of hydrogen-bond donors (Lipinski definition) is 0. The van der Waals surface area contributed by atoms with Gasteiger partial charge in [-0.2, -0.15) is 0 Å². The van der Waals surface area contributed by atoms with Gasteiger partial charge in [0.05, 0.1) is 33.2 Å². The summed E-state index contributed by atoms with van der Waals surface area (Å²) in [6.07, 6.45) is 0.333. The third-order valence-corrected chi connectivity index (χ3v) is 5.79. The van der Waals surface area contributed by atoms with E-state index in [4.69, 9.17) is 23.2 Å². The van der Waals surface area contributed by atoms with Crippen LogP contribution in [0.15, 0.2) is 12.1 Å². The number of rotatable bonds is 3. The molecule has 5 nitrogen and oxygen atoms in total. The summed E-state index contributed by atoms with van der Waals surface area (Å²) >= 11 is 11.6. The van der Waals surface area contributed by atoms with Crippen LogP contribution in [0.5, 0.6) is 0 Å². The zero-order valence-electron chi connectivity index (χ0n) is 12.0. The zero-order chi connectivity index (χ0) is 16.7. The largest absolute Gasteiger partial charge is 0.270 e. The molecule has 122 valence electrons. The molecule has 1 aromatic carbocycles. The Kier molecular flexibility index (Phi) is 5.01. The van der Waals surface area contributed by atoms with Crippen molar-refractivity contribution < 1.29 is 17.6 Å². The van der Waals surface area contributed by atoms with Gasteiger partial charge in [-0.3, -0.25) is 9.80 Å². The number of carbonyl (C=O) groups is 1. The molecule has 1 heterocycles. The summed E-state index contributed by atoms with van der Waals surface area (Å²) in [6.45, 7) is 0. The van der Waals surface area contributed by atoms with Gasteiger partial charge in [0.15, 0.2) is 9.84 Å². The fraction of sp³-hybridized carbons (Fsp3) is 0.462. The molecule has 1 amide bonds. The lowest BCUT2D eigenvalue weighted by atomic mass is 10.1. The first-order valence-corrected chi connectivity index (χ1v) is 9.06. The summed E-state index contributed by atoms with van der Waals surface area (Å²) in [5.74, 6) is -1.41. The highest BCUT2D eigenvalue weighted by Gasteiger charge is 2.37. The maximum absolute atomic E-state index is 13.6. The van der Waals surface area contributed by atoms with Gasteiger partial charge in [0.25, 0.3) is 5.91 Å². The Morgan fingerprint density at radius 1 is 1.27 bits per heavy atom. The Balaban J connectivity index is 2.38. The second-order valence-electron chi connectivity index (χ2n) is 5.30. The monoisotopic (exact) mass is 368 g/mol. The lowest BCUT2D eigenvalue weighted by Gasteiger charge is -2.34. The maximum Gasteiger partial charge on any atom is 0.270 e. The topological polar surface area (TPSA) is 57.7 Å². The van der Waals surface area contributed by atoms with Crippen LogP contribution in [0.4, 0.5) is 4.39 Å². The molecule has 0 saturated carbocycles. The number of hydrogen-bond acceptors (Lipinski definition) is 4. The van der Waals surface area contributed by atoms with E-state index in [0.717, 1.165) is 12.1 Å². The lowest BCUT2D eigenvalue weighted by Crippen LogP contribution is -2.49. The van der Waals surface area contributed by atoms with Crippen LogP contribution in [0.25, 0.3) is 0 Å². The van der Waals surface area contributed by atoms with Crippen LogP contribution in [0.1, 0.15) is 16.8 Å². The summed E-state index contributed by atoms with van der Waals surface area (Å²) in [5.41, 5.74) is -0.0541. The first-order chi connectivity index (χ1) is 10.1. The molecule has 0 aromatic heterocycles. The minimum Gasteiger partial charge on any atom is -0.268 e. The van der Waals surface area contributed by atoms with Crippen molar-refractivity contribution in [2.75, 3.05) is 25.6 Å². The van der Waals surface area contributed by atoms with Crippen LogP contribution < -0.4 is 0 Å². The van der Waals surface area contributed by atoms with Crippen molar-refractivity contribution in [3.8, 4) is 0 Å². The molecule has 1 aromatic rings. The molecule has 1 aliphatic heterocycles. The zero-order valence-corrected chi connectivity index (χ0v) is 14.3. The fourth-order valence-corrected chi connectivity index (χ4v) is 4.61. The number of carbonyl (C=O) groups excluding carboxylic acids is 1. The molecule has 0 radical (unpaired) electrons. The van der Waals surface area contributed by atoms with Crippen molar-refractivity contribution >= 4 is 38.9 Å². The molecule has 0 spiro atoms. The van der Waals surface area contributed by atoms with Crippen molar-refractivity contribution in [2.24, 2.45) is 0 Å². The summed E-state index contributed by atoms with van der Waals surface area (Å²) in [4.78, 5) is 12.7. The summed E-state index contributed by atoms with van der Waals surface area (Å²) in [6, 6.07) is 1.63. The SMILES string of the molecule is CN(C)N(C(=O)c1cc(F)c(Cl)cc1Cl)C1CCS(=O)(=O)C1. The average molecular weight is 369 g/mol. The number of sulfone groups is 1. The van der Waals surface area contributed by atoms with E-state index in [1.165, 1.54) is 10.0 Å². The van der Waals surface area contributed by atoms with Gasteiger partial charge in [0, 0.05) is 14.1 Å². The Morgan fingerprint density at radius 2 is 1.91 bits per heavy atom. The fourth-order valence-electron chi connectivity index (χ4n) is 2.45. The van der Waals surface area contributed by atoms with Crippen LogP contribution >= 0.6 is 23.2 Å². The molecule has 1 fully saturated rings. The van der Waals surface area contributed by atoms with E-state index in [2.05, 4.69) is 0 Å². The molecular formula is C13H15Cl2FN2O3S. The predicted octanol–water partition coefficient (Wildman–Crippen LogP) is 2.24. The highest BCUT2D eigenvalue weighted by Crippen LogP contribution is 2.27. The second-order valence-corrected chi connectivity index (χ2v) is 8.34. The van der Waals surface area contributed by atoms with Crippen LogP contribution in [0.2, 0.25) is 10.0 Å². The number of nitrogens with zero attached hydrogens (tertiary/aromatic N) is 2. The van der Waals surface area contributed by atoms with Crippen molar-refractivity contribution in [1.82, 2.24) is 10.0 Å². The summed E-state index contributed by atoms with van der Waals surface area (Å²) in [5, 5.41) is 2.61. The van der Waals surface area contributed by atoms with E-state index in [1.54, 1.807) is 14.1 Å². The molecule has 9 heteroatoms. The van der Waals surface area contributed by atoms with Crippen molar-refractivity contribution in [3.05, 3.63) is 33.6 Å². The Morgan fingerprint density at radius 3 is 2.41 bits per heavy atom. The van der Waals surface area contributed by atoms with Crippen molar-refractivity contribution in [2.45, 2.75) is 12.5 Å². The third-order valence-electron chi connectivity index (χ3n) is 3.43. The van der Waals surface area contributed by atoms with Crippen LogP contribution in [-0.2, 0) is 9.84 Å². The van der Waals surface area contributed by atoms with Gasteiger partial charge in [0.1, 0.15) is 5.82 Å². The molecule has 0 bridgehead atoms. The Labute approximate surface area is 138 Å². The Hall–Kier alpha value is -0.890. The summed E-state index contributed by atoms with van der Waals surface area (Å²) in [7, 11) is 0.0648. The number of hydrazine groups is 1. The molecule has 1 aliphatic rings. The summed E-state index contributed by atoms with van der Waals surface area (Å²) < 4.78 is 36.9. The molecule has 1 unspecified atom stereocenters. The van der Waals surface area contributed by atoms with Gasteiger partial charge in [-0.15, -0.1) is 0 Å². The molecule has 0 N–H and O–H groups in total. The van der Waals surface area contributed by atoms with E-state index < -0.39 is 27.6 Å². The minimum absolute atomic E-state index is 0.0177. The van der Waals surface area contributed by atoms with Gasteiger partial charge in [-0.05, 0) is 18.6 Å². The van der Waals surface area contributed by atoms with E-state index in [0.29, 0.717) is 6.42 Å². The van der Waals surface area contributed by atoms with E-state index >= 15 is 0 Å². The van der Waals surface area contributed by atoms with E-state index in [-0.39, 0.29) is 27.1 Å². The number of amides is 1. The molecule has 0 aliphatic carbocycles. The van der Waals surface area contributed by atoms with Gasteiger partial charge >= 0.3 is 0 Å². The second kappa shape index (κ2) is 6.31. The van der Waals surface area contributed by atoms with Crippen LogP contribution in [0, 0.1) is 5.82 Å². The van der Waals surface area contributed by atoms with Crippen molar-refractivity contribution in [1.29, 1.82) is 0 Å². The van der Waals surface area contributed by atoms with Crippen LogP contribution in [-0.4, -0.2) is 56.0 Å². The van der Waals surface area contributed by atoms with Crippen molar-refractivity contribution in [3.63, 3.8) is 0 Å². The van der Waals surface area contributed by atoms with E-state index in [9.17, 15) is 17.6 Å². The average Bonchev–Trinajstić information content (AvgIpc) is 2.73. The predicted molar refractivity (Wildman–Crippen MR) is 83.3 cm³/mol. The van der Waals surface area contributed by atoms with Gasteiger partial charge in [-0.25, -0.2) is 17.8 Å². The molecule has 1 atom stereocenters. The van der Waals surface area contributed by atoms with Gasteiger partial charge in [-0.1, -0.05) is 23.2 Å². The highest BCUT2D eigenvalue weighted by molar-refractivity contribution is 7.91. The highest BCUT2D eigenvalue weighted by atomic mass is 35.5. The van der Waals surface area contributed by atoms with E-state index in [1.807, 2.05) is 0 Å². The van der Waals surface area contributed by atoms with Crippen LogP contribution in [0.3, 0.4) is 0 Å².